The fourth-order valence-corrected chi connectivity index (χ4v) is 5.26. The number of aromatic nitrogens is 1. The number of amides is 1. The van der Waals surface area contributed by atoms with E-state index in [0.29, 0.717) is 24.5 Å². The van der Waals surface area contributed by atoms with Gasteiger partial charge in [0.05, 0.1) is 22.7 Å². The highest BCUT2D eigenvalue weighted by Crippen LogP contribution is 2.38. The number of piperazine rings is 1. The number of rotatable bonds is 6. The first-order valence-corrected chi connectivity index (χ1v) is 12.7. The molecule has 0 radical (unpaired) electrons. The molecule has 5 N–H and O–H groups in total. The molecule has 0 spiro atoms. The number of phenolic OH excluding ortho intramolecular Hbond substituents is 1. The molecule has 0 unspecified atom stereocenters. The number of carbonyl (C=O) groups is 1. The van der Waals surface area contributed by atoms with Gasteiger partial charge in [0.25, 0.3) is 0 Å². The maximum absolute atomic E-state index is 15.3. The summed E-state index contributed by atoms with van der Waals surface area (Å²) >= 11 is 0. The lowest BCUT2D eigenvalue weighted by atomic mass is 10.1. The number of phenols is 1. The maximum atomic E-state index is 15.3. The normalized spacial score (nSPS) is 17.5. The number of nitrogens with one attached hydrogen (secondary N) is 3. The first kappa shape index (κ1) is 26.3. The van der Waals surface area contributed by atoms with Crippen molar-refractivity contribution >= 4 is 39.6 Å². The van der Waals surface area contributed by atoms with Crippen LogP contribution in [0.25, 0.3) is 16.7 Å². The van der Waals surface area contributed by atoms with Gasteiger partial charge in [-0.3, -0.25) is 14.3 Å². The van der Waals surface area contributed by atoms with Crippen molar-refractivity contribution in [2.24, 2.45) is 0 Å². The monoisotopic (exact) mass is 540 g/mol. The van der Waals surface area contributed by atoms with Gasteiger partial charge in [-0.2, -0.15) is 0 Å². The van der Waals surface area contributed by atoms with Crippen molar-refractivity contribution in [2.45, 2.75) is 18.9 Å². The van der Waals surface area contributed by atoms with Crippen LogP contribution in [-0.4, -0.2) is 66.6 Å². The van der Waals surface area contributed by atoms with Crippen LogP contribution in [0.5, 0.6) is 5.75 Å². The molecule has 3 aromatic rings. The number of hydrogen-bond donors (Lipinski definition) is 5. The molecule has 0 aliphatic carbocycles. The van der Waals surface area contributed by atoms with E-state index < -0.39 is 28.6 Å². The molecule has 1 aromatic heterocycles. The lowest BCUT2D eigenvalue weighted by Crippen LogP contribution is -2.47. The van der Waals surface area contributed by atoms with Crippen LogP contribution in [0.2, 0.25) is 0 Å². The maximum Gasteiger partial charge on any atom is 0.241 e. The number of aromatic hydroxyl groups is 1. The molecule has 2 aliphatic heterocycles. The zero-order chi connectivity index (χ0) is 27.8. The molecular formula is C27H30F2N6O4. The quantitative estimate of drug-likeness (QED) is 0.303. The first-order valence-electron chi connectivity index (χ1n) is 12.7. The fraction of sp³-hybridized carbons (Fsp3) is 0.333. The summed E-state index contributed by atoms with van der Waals surface area (Å²) < 4.78 is 31.6. The molecule has 0 saturated carbocycles. The highest BCUT2D eigenvalue weighted by atomic mass is 19.1. The largest absolute Gasteiger partial charge is 0.508 e. The van der Waals surface area contributed by atoms with Crippen LogP contribution in [0.1, 0.15) is 18.4 Å². The molecule has 2 aliphatic rings. The van der Waals surface area contributed by atoms with Crippen LogP contribution in [-0.2, 0) is 4.79 Å². The summed E-state index contributed by atoms with van der Waals surface area (Å²) in [6.07, 6.45) is 2.95. The number of aliphatic hydroxyl groups is 1. The van der Waals surface area contributed by atoms with Crippen molar-refractivity contribution in [3.8, 4) is 5.75 Å². The topological polar surface area (TPSA) is 122 Å². The van der Waals surface area contributed by atoms with E-state index in [0.717, 1.165) is 25.5 Å². The third kappa shape index (κ3) is 4.83. The summed E-state index contributed by atoms with van der Waals surface area (Å²) in [7, 11) is 1.55. The van der Waals surface area contributed by atoms with Gasteiger partial charge in [0, 0.05) is 45.1 Å². The molecule has 3 heterocycles. The lowest BCUT2D eigenvalue weighted by Gasteiger charge is -2.38. The van der Waals surface area contributed by atoms with Crippen LogP contribution in [0.4, 0.5) is 25.8 Å². The van der Waals surface area contributed by atoms with Gasteiger partial charge in [0.2, 0.25) is 11.3 Å². The lowest BCUT2D eigenvalue weighted by molar-refractivity contribution is -0.117. The van der Waals surface area contributed by atoms with Gasteiger partial charge < -0.3 is 36.1 Å². The summed E-state index contributed by atoms with van der Waals surface area (Å²) in [4.78, 5) is 28.6. The summed E-state index contributed by atoms with van der Waals surface area (Å²) in [6.45, 7) is 5.39. The van der Waals surface area contributed by atoms with E-state index in [-0.39, 0.29) is 47.2 Å². The Bertz CT molecular complexity index is 1510. The fourth-order valence-electron chi connectivity index (χ4n) is 5.26. The average Bonchev–Trinajstić information content (AvgIpc) is 3.45. The summed E-state index contributed by atoms with van der Waals surface area (Å²) in [5, 5.41) is 26.6. The second-order valence-electron chi connectivity index (χ2n) is 9.64. The SMILES string of the molecule is C=C(O)c1cn(NC)c2c(O)c(N3CCN(c4ccc(NC(=O)[C@H]5CCCN5)cc4F)CC3)c(F)cc2c1=O. The Morgan fingerprint density at radius 3 is 2.46 bits per heavy atom. The molecule has 2 saturated heterocycles. The van der Waals surface area contributed by atoms with E-state index in [1.54, 1.807) is 24.1 Å². The van der Waals surface area contributed by atoms with Gasteiger partial charge in [-0.15, -0.1) is 0 Å². The summed E-state index contributed by atoms with van der Waals surface area (Å²) in [6, 6.07) is 5.31. The average molecular weight is 541 g/mol. The van der Waals surface area contributed by atoms with Crippen LogP contribution in [0.15, 0.2) is 41.8 Å². The molecule has 39 heavy (non-hydrogen) atoms. The Labute approximate surface area is 223 Å². The van der Waals surface area contributed by atoms with E-state index in [4.69, 9.17) is 0 Å². The second-order valence-corrected chi connectivity index (χ2v) is 9.64. The third-order valence-electron chi connectivity index (χ3n) is 7.27. The number of nitrogens with zero attached hydrogens (tertiary/aromatic N) is 3. The Balaban J connectivity index is 1.35. The predicted molar refractivity (Wildman–Crippen MR) is 147 cm³/mol. The number of hydrogen-bond acceptors (Lipinski definition) is 8. The Hall–Kier alpha value is -4.32. The molecular weight excluding hydrogens is 510 g/mol. The van der Waals surface area contributed by atoms with Crippen molar-refractivity contribution in [1.82, 2.24) is 9.99 Å². The van der Waals surface area contributed by atoms with Crippen LogP contribution >= 0.6 is 0 Å². The highest BCUT2D eigenvalue weighted by molar-refractivity contribution is 5.95. The number of anilines is 3. The zero-order valence-corrected chi connectivity index (χ0v) is 21.4. The van der Waals surface area contributed by atoms with Gasteiger partial charge in [0.1, 0.15) is 22.8 Å². The predicted octanol–water partition coefficient (Wildman–Crippen LogP) is 2.70. The molecule has 1 atom stereocenters. The van der Waals surface area contributed by atoms with E-state index >= 15 is 8.78 Å². The smallest absolute Gasteiger partial charge is 0.241 e. The first-order chi connectivity index (χ1) is 18.7. The number of pyridine rings is 1. The number of aliphatic hydroxyl groups excluding tert-OH is 1. The molecule has 2 aromatic carbocycles. The number of fused-ring (bicyclic) bond motifs is 1. The van der Waals surface area contributed by atoms with Gasteiger partial charge in [-0.25, -0.2) is 8.78 Å². The zero-order valence-electron chi connectivity index (χ0n) is 21.4. The Kier molecular flexibility index (Phi) is 7.04. The van der Waals surface area contributed by atoms with Crippen LogP contribution in [0, 0.1) is 11.6 Å². The molecule has 2 fully saturated rings. The third-order valence-corrected chi connectivity index (χ3v) is 7.27. The minimum atomic E-state index is -0.795. The molecule has 206 valence electrons. The summed E-state index contributed by atoms with van der Waals surface area (Å²) in [5.41, 5.74) is 2.73. The van der Waals surface area contributed by atoms with Crippen LogP contribution < -0.4 is 31.3 Å². The molecule has 0 bridgehead atoms. The van der Waals surface area contributed by atoms with E-state index in [1.807, 2.05) is 4.90 Å². The van der Waals surface area contributed by atoms with E-state index in [2.05, 4.69) is 22.6 Å². The van der Waals surface area contributed by atoms with Gasteiger partial charge >= 0.3 is 0 Å². The van der Waals surface area contributed by atoms with E-state index in [1.165, 1.54) is 16.9 Å². The second kappa shape index (κ2) is 10.4. The highest BCUT2D eigenvalue weighted by Gasteiger charge is 2.28. The van der Waals surface area contributed by atoms with Crippen molar-refractivity contribution in [2.75, 3.05) is 60.3 Å². The summed E-state index contributed by atoms with van der Waals surface area (Å²) in [5.74, 6) is -2.37. The Morgan fingerprint density at radius 1 is 1.13 bits per heavy atom. The van der Waals surface area contributed by atoms with Gasteiger partial charge in [0.15, 0.2) is 11.6 Å². The van der Waals surface area contributed by atoms with E-state index in [9.17, 15) is 19.8 Å². The number of halogens is 2. The molecule has 10 nitrogen and oxygen atoms in total. The van der Waals surface area contributed by atoms with Crippen molar-refractivity contribution < 1.29 is 23.8 Å². The van der Waals surface area contributed by atoms with Crippen molar-refractivity contribution in [3.63, 3.8) is 0 Å². The minimum Gasteiger partial charge on any atom is -0.508 e. The van der Waals surface area contributed by atoms with Crippen molar-refractivity contribution in [3.05, 3.63) is 64.5 Å². The van der Waals surface area contributed by atoms with Crippen LogP contribution in [0.3, 0.4) is 0 Å². The van der Waals surface area contributed by atoms with Gasteiger partial charge in [-0.1, -0.05) is 6.58 Å². The standard InChI is InChI=1S/C27H30F2N6O4/c1-15(36)18-14-35(30-2)23-17(25(18)37)13-20(29)24(26(23)38)34-10-8-33(9-11-34)22-6-5-16(12-19(22)28)32-27(39)21-4-3-7-31-21/h5-6,12-14,21,30-31,36,38H,1,3-4,7-11H2,2H3,(H,32,39)/t21-/m1/s1. The van der Waals surface area contributed by atoms with Crippen molar-refractivity contribution in [1.29, 1.82) is 0 Å². The van der Waals surface area contributed by atoms with Gasteiger partial charge in [-0.05, 0) is 43.7 Å². The Morgan fingerprint density at radius 2 is 1.85 bits per heavy atom. The molecule has 1 amide bonds. The number of carbonyl (C=O) groups excluding carboxylic acids is 1. The number of benzene rings is 2. The molecule has 12 heteroatoms. The minimum absolute atomic E-state index is 0.0582. The molecule has 5 rings (SSSR count).